The van der Waals surface area contributed by atoms with Crippen molar-refractivity contribution in [3.05, 3.63) is 11.9 Å². The van der Waals surface area contributed by atoms with E-state index in [0.29, 0.717) is 11.8 Å². The van der Waals surface area contributed by atoms with Crippen LogP contribution in [0.4, 0.5) is 5.82 Å². The third kappa shape index (κ3) is 3.84. The smallest absolute Gasteiger partial charge is 0.218 e. The van der Waals surface area contributed by atoms with Gasteiger partial charge in [-0.2, -0.15) is 4.98 Å². The lowest BCUT2D eigenvalue weighted by Crippen LogP contribution is -2.16. The summed E-state index contributed by atoms with van der Waals surface area (Å²) in [6.45, 7) is 1.99. The Balaban J connectivity index is 1.92. The van der Waals surface area contributed by atoms with Crippen molar-refractivity contribution in [2.75, 3.05) is 39.6 Å². The monoisotopic (exact) mass is 250 g/mol. The number of aromatic nitrogens is 2. The van der Waals surface area contributed by atoms with Crippen LogP contribution in [0.3, 0.4) is 0 Å². The average molecular weight is 250 g/mol. The zero-order valence-corrected chi connectivity index (χ0v) is 11.4. The molecule has 1 N–H and O–H groups in total. The van der Waals surface area contributed by atoms with Crippen molar-refractivity contribution in [2.45, 2.75) is 25.2 Å². The summed E-state index contributed by atoms with van der Waals surface area (Å²) in [7, 11) is 5.81. The largest absolute Gasteiger partial charge is 0.481 e. The van der Waals surface area contributed by atoms with E-state index in [9.17, 15) is 0 Å². The van der Waals surface area contributed by atoms with E-state index in [4.69, 9.17) is 4.74 Å². The van der Waals surface area contributed by atoms with Gasteiger partial charge in [-0.05, 0) is 39.9 Å². The van der Waals surface area contributed by atoms with Crippen LogP contribution in [0, 0.1) is 0 Å². The summed E-state index contributed by atoms with van der Waals surface area (Å²) >= 11 is 0. The molecule has 1 aliphatic carbocycles. The molecule has 0 amide bonds. The molecule has 0 radical (unpaired) electrons. The minimum absolute atomic E-state index is 0.544. The van der Waals surface area contributed by atoms with Crippen LogP contribution in [0.2, 0.25) is 0 Å². The molecule has 100 valence electrons. The Morgan fingerprint density at radius 2 is 2.17 bits per heavy atom. The van der Waals surface area contributed by atoms with E-state index >= 15 is 0 Å². The number of ether oxygens (including phenoxy) is 1. The number of nitrogens with one attached hydrogen (secondary N) is 1. The highest BCUT2D eigenvalue weighted by Gasteiger charge is 2.27. The van der Waals surface area contributed by atoms with Crippen LogP contribution in [0.5, 0.6) is 5.88 Å². The topological polar surface area (TPSA) is 50.3 Å². The van der Waals surface area contributed by atoms with E-state index in [1.165, 1.54) is 12.8 Å². The van der Waals surface area contributed by atoms with Crippen LogP contribution in [0.15, 0.2) is 6.07 Å². The Kier molecular flexibility index (Phi) is 4.36. The van der Waals surface area contributed by atoms with Gasteiger partial charge in [-0.3, -0.25) is 0 Å². The lowest BCUT2D eigenvalue weighted by Gasteiger charge is -2.11. The van der Waals surface area contributed by atoms with Gasteiger partial charge in [-0.1, -0.05) is 0 Å². The second-order valence-electron chi connectivity index (χ2n) is 5.01. The average Bonchev–Trinajstić information content (AvgIpc) is 3.18. The molecule has 0 spiro atoms. The van der Waals surface area contributed by atoms with Gasteiger partial charge >= 0.3 is 0 Å². The van der Waals surface area contributed by atoms with Crippen molar-refractivity contribution in [3.63, 3.8) is 0 Å². The number of anilines is 1. The molecule has 0 unspecified atom stereocenters. The lowest BCUT2D eigenvalue weighted by molar-refractivity contribution is 0.394. The summed E-state index contributed by atoms with van der Waals surface area (Å²) in [6, 6.07) is 1.86. The predicted octanol–water partition coefficient (Wildman–Crippen LogP) is 1.73. The fourth-order valence-corrected chi connectivity index (χ4v) is 1.77. The van der Waals surface area contributed by atoms with E-state index in [2.05, 4.69) is 34.3 Å². The summed E-state index contributed by atoms with van der Waals surface area (Å²) in [5.74, 6) is 3.00. The Bertz CT molecular complexity index is 391. The zero-order valence-electron chi connectivity index (χ0n) is 11.4. The van der Waals surface area contributed by atoms with Crippen LogP contribution in [0.25, 0.3) is 0 Å². The summed E-state index contributed by atoms with van der Waals surface area (Å²) < 4.78 is 5.22. The highest BCUT2D eigenvalue weighted by Crippen LogP contribution is 2.39. The molecule has 0 bridgehead atoms. The number of hydrogen-bond acceptors (Lipinski definition) is 5. The highest BCUT2D eigenvalue weighted by atomic mass is 16.5. The maximum absolute atomic E-state index is 5.22. The van der Waals surface area contributed by atoms with Gasteiger partial charge in [0, 0.05) is 18.5 Å². The van der Waals surface area contributed by atoms with Gasteiger partial charge in [-0.25, -0.2) is 4.98 Å². The number of rotatable bonds is 7. The van der Waals surface area contributed by atoms with E-state index in [0.717, 1.165) is 31.2 Å². The first-order chi connectivity index (χ1) is 8.69. The van der Waals surface area contributed by atoms with Gasteiger partial charge in [-0.15, -0.1) is 0 Å². The minimum Gasteiger partial charge on any atom is -0.481 e. The summed E-state index contributed by atoms with van der Waals surface area (Å²) in [5.41, 5.74) is 0. The predicted molar refractivity (Wildman–Crippen MR) is 72.2 cm³/mol. The third-order valence-corrected chi connectivity index (χ3v) is 2.96. The molecule has 5 nitrogen and oxygen atoms in total. The Morgan fingerprint density at radius 1 is 1.39 bits per heavy atom. The molecule has 2 rings (SSSR count). The van der Waals surface area contributed by atoms with Gasteiger partial charge in [0.05, 0.1) is 7.11 Å². The molecule has 1 saturated carbocycles. The van der Waals surface area contributed by atoms with Crippen molar-refractivity contribution >= 4 is 5.82 Å². The maximum atomic E-state index is 5.22. The molecule has 5 heteroatoms. The first kappa shape index (κ1) is 13.1. The molecule has 0 aromatic carbocycles. The van der Waals surface area contributed by atoms with E-state index in [1.807, 2.05) is 6.07 Å². The highest BCUT2D eigenvalue weighted by molar-refractivity contribution is 5.39. The van der Waals surface area contributed by atoms with Crippen molar-refractivity contribution in [1.82, 2.24) is 14.9 Å². The van der Waals surface area contributed by atoms with Crippen LogP contribution in [0.1, 0.15) is 31.0 Å². The molecular weight excluding hydrogens is 228 g/mol. The molecule has 0 aliphatic heterocycles. The SMILES string of the molecule is COc1cc(NCCCN(C)C)nc(C2CC2)n1. The first-order valence-electron chi connectivity index (χ1n) is 6.50. The van der Waals surface area contributed by atoms with Gasteiger partial charge in [0.1, 0.15) is 11.6 Å². The molecular formula is C13H22N4O. The molecule has 18 heavy (non-hydrogen) atoms. The Morgan fingerprint density at radius 3 is 2.78 bits per heavy atom. The van der Waals surface area contributed by atoms with Crippen LogP contribution >= 0.6 is 0 Å². The number of hydrogen-bond donors (Lipinski definition) is 1. The van der Waals surface area contributed by atoms with Gasteiger partial charge in [0.25, 0.3) is 0 Å². The molecule has 1 aromatic heterocycles. The van der Waals surface area contributed by atoms with Gasteiger partial charge in [0.2, 0.25) is 5.88 Å². The molecule has 1 fully saturated rings. The van der Waals surface area contributed by atoms with Crippen LogP contribution in [-0.4, -0.2) is 49.2 Å². The van der Waals surface area contributed by atoms with Crippen LogP contribution in [-0.2, 0) is 0 Å². The minimum atomic E-state index is 0.544. The standard InChI is InChI=1S/C13H22N4O/c1-17(2)8-4-7-14-11-9-12(18-3)16-13(15-11)10-5-6-10/h9-10H,4-8H2,1-3H3,(H,14,15,16). The van der Waals surface area contributed by atoms with E-state index in [1.54, 1.807) is 7.11 Å². The summed E-state index contributed by atoms with van der Waals surface area (Å²) in [5, 5.41) is 3.34. The Labute approximate surface area is 109 Å². The Hall–Kier alpha value is -1.36. The normalized spacial score (nSPS) is 14.9. The van der Waals surface area contributed by atoms with Crippen molar-refractivity contribution in [1.29, 1.82) is 0 Å². The lowest BCUT2D eigenvalue weighted by atomic mass is 10.3. The summed E-state index contributed by atoms with van der Waals surface area (Å²) in [4.78, 5) is 11.1. The van der Waals surface area contributed by atoms with Gasteiger partial charge in [0.15, 0.2) is 0 Å². The van der Waals surface area contributed by atoms with E-state index < -0.39 is 0 Å². The number of nitrogens with zero attached hydrogens (tertiary/aromatic N) is 3. The summed E-state index contributed by atoms with van der Waals surface area (Å²) in [6.07, 6.45) is 3.50. The molecule has 0 atom stereocenters. The maximum Gasteiger partial charge on any atom is 0.218 e. The quantitative estimate of drug-likeness (QED) is 0.747. The molecule has 1 aromatic rings. The second-order valence-corrected chi connectivity index (χ2v) is 5.01. The fraction of sp³-hybridized carbons (Fsp3) is 0.692. The van der Waals surface area contributed by atoms with Gasteiger partial charge < -0.3 is 15.0 Å². The number of methoxy groups -OCH3 is 1. The van der Waals surface area contributed by atoms with Crippen molar-refractivity contribution in [2.24, 2.45) is 0 Å². The van der Waals surface area contributed by atoms with Crippen molar-refractivity contribution in [3.8, 4) is 5.88 Å². The third-order valence-electron chi connectivity index (χ3n) is 2.96. The first-order valence-corrected chi connectivity index (χ1v) is 6.50. The molecule has 1 aliphatic rings. The van der Waals surface area contributed by atoms with Crippen LogP contribution < -0.4 is 10.1 Å². The van der Waals surface area contributed by atoms with E-state index in [-0.39, 0.29) is 0 Å². The molecule has 0 saturated heterocycles. The second kappa shape index (κ2) is 6.00. The zero-order chi connectivity index (χ0) is 13.0. The molecule has 1 heterocycles. The fourth-order valence-electron chi connectivity index (χ4n) is 1.77. The van der Waals surface area contributed by atoms with Crippen molar-refractivity contribution < 1.29 is 4.74 Å².